The Bertz CT molecular complexity index is 670. The molecule has 0 unspecified atom stereocenters. The van der Waals surface area contributed by atoms with E-state index in [2.05, 4.69) is 15.3 Å². The number of hydrogen-bond donors (Lipinski definition) is 1. The Morgan fingerprint density at radius 1 is 1.30 bits per heavy atom. The summed E-state index contributed by atoms with van der Waals surface area (Å²) in [5.74, 6) is 1.23. The standard InChI is InChI=1S/C15H22N4O3S/c1-23(21,22)19-6-2-3-11(10-19)7-18-15(20)13-8-16-14(17-9-13)12-4-5-12/h8-9,11-12H,2-7,10H2,1H3,(H,18,20)/t11-/m0/s1. The number of sulfonamides is 1. The summed E-state index contributed by atoms with van der Waals surface area (Å²) in [5, 5.41) is 2.86. The molecule has 0 radical (unpaired) electrons. The highest BCUT2D eigenvalue weighted by atomic mass is 32.2. The normalized spacial score (nSPS) is 22.7. The van der Waals surface area contributed by atoms with Crippen LogP contribution in [0.4, 0.5) is 0 Å². The molecular formula is C15H22N4O3S. The summed E-state index contributed by atoms with van der Waals surface area (Å²) in [4.78, 5) is 20.6. The molecular weight excluding hydrogens is 316 g/mol. The van der Waals surface area contributed by atoms with Gasteiger partial charge in [0.15, 0.2) is 0 Å². The number of carbonyl (C=O) groups excluding carboxylic acids is 1. The first kappa shape index (κ1) is 16.3. The number of aromatic nitrogens is 2. The van der Waals surface area contributed by atoms with Crippen LogP contribution in [0.15, 0.2) is 12.4 Å². The predicted octanol–water partition coefficient (Wildman–Crippen LogP) is 0.755. The fraction of sp³-hybridized carbons (Fsp3) is 0.667. The van der Waals surface area contributed by atoms with Gasteiger partial charge in [0.1, 0.15) is 5.82 Å². The Balaban J connectivity index is 1.52. The van der Waals surface area contributed by atoms with Crippen LogP contribution in [-0.4, -0.2) is 54.5 Å². The quantitative estimate of drug-likeness (QED) is 0.855. The van der Waals surface area contributed by atoms with Crippen molar-refractivity contribution in [3.63, 3.8) is 0 Å². The first-order valence-corrected chi connectivity index (χ1v) is 9.83. The summed E-state index contributed by atoms with van der Waals surface area (Å²) < 4.78 is 24.7. The Kier molecular flexibility index (Phi) is 4.63. The molecule has 1 saturated carbocycles. The minimum atomic E-state index is -3.16. The first-order chi connectivity index (χ1) is 10.9. The third kappa shape index (κ3) is 4.26. The molecule has 0 spiro atoms. The van der Waals surface area contributed by atoms with Gasteiger partial charge >= 0.3 is 0 Å². The van der Waals surface area contributed by atoms with Crippen molar-refractivity contribution < 1.29 is 13.2 Å². The summed E-state index contributed by atoms with van der Waals surface area (Å²) in [7, 11) is -3.16. The maximum Gasteiger partial charge on any atom is 0.254 e. The molecule has 0 aromatic carbocycles. The van der Waals surface area contributed by atoms with E-state index in [9.17, 15) is 13.2 Å². The monoisotopic (exact) mass is 338 g/mol. The van der Waals surface area contributed by atoms with Gasteiger partial charge in [0, 0.05) is 37.9 Å². The molecule has 1 aromatic rings. The number of carbonyl (C=O) groups is 1. The largest absolute Gasteiger partial charge is 0.352 e. The fourth-order valence-electron chi connectivity index (χ4n) is 2.84. The van der Waals surface area contributed by atoms with E-state index in [1.54, 1.807) is 12.4 Å². The fourth-order valence-corrected chi connectivity index (χ4v) is 3.78. The van der Waals surface area contributed by atoms with Crippen LogP contribution in [0.3, 0.4) is 0 Å². The van der Waals surface area contributed by atoms with Crippen LogP contribution in [0, 0.1) is 5.92 Å². The van der Waals surface area contributed by atoms with Gasteiger partial charge in [-0.1, -0.05) is 0 Å². The molecule has 3 rings (SSSR count). The molecule has 8 heteroatoms. The zero-order chi connectivity index (χ0) is 16.4. The van der Waals surface area contributed by atoms with Crippen LogP contribution in [0.5, 0.6) is 0 Å². The average molecular weight is 338 g/mol. The molecule has 1 aliphatic heterocycles. The van der Waals surface area contributed by atoms with Crippen molar-refractivity contribution in [1.82, 2.24) is 19.6 Å². The molecule has 7 nitrogen and oxygen atoms in total. The highest BCUT2D eigenvalue weighted by Gasteiger charge is 2.27. The SMILES string of the molecule is CS(=O)(=O)N1CCC[C@@H](CNC(=O)c2cnc(C3CC3)nc2)C1. The van der Waals surface area contributed by atoms with E-state index in [0.717, 1.165) is 31.5 Å². The molecule has 1 N–H and O–H groups in total. The lowest BCUT2D eigenvalue weighted by atomic mass is 9.99. The van der Waals surface area contributed by atoms with Gasteiger partial charge in [-0.15, -0.1) is 0 Å². The number of rotatable bonds is 5. The Hall–Kier alpha value is -1.54. The van der Waals surface area contributed by atoms with Crippen LogP contribution < -0.4 is 5.32 Å². The van der Waals surface area contributed by atoms with E-state index in [0.29, 0.717) is 31.1 Å². The van der Waals surface area contributed by atoms with Crippen molar-refractivity contribution in [2.45, 2.75) is 31.6 Å². The minimum Gasteiger partial charge on any atom is -0.352 e. The highest BCUT2D eigenvalue weighted by molar-refractivity contribution is 7.88. The second kappa shape index (κ2) is 6.52. The lowest BCUT2D eigenvalue weighted by Gasteiger charge is -2.30. The number of piperidine rings is 1. The molecule has 126 valence electrons. The number of nitrogens with zero attached hydrogens (tertiary/aromatic N) is 3. The van der Waals surface area contributed by atoms with Crippen molar-refractivity contribution in [3.05, 3.63) is 23.8 Å². The first-order valence-electron chi connectivity index (χ1n) is 7.99. The second-order valence-corrected chi connectivity index (χ2v) is 8.43. The molecule has 1 aromatic heterocycles. The van der Waals surface area contributed by atoms with Gasteiger partial charge < -0.3 is 5.32 Å². The van der Waals surface area contributed by atoms with Crippen LogP contribution >= 0.6 is 0 Å². The number of nitrogens with one attached hydrogen (secondary N) is 1. The van der Waals surface area contributed by atoms with Gasteiger partial charge in [0.05, 0.1) is 11.8 Å². The zero-order valence-electron chi connectivity index (χ0n) is 13.2. The molecule has 0 bridgehead atoms. The number of hydrogen-bond acceptors (Lipinski definition) is 5. The van der Waals surface area contributed by atoms with Crippen LogP contribution in [0.25, 0.3) is 0 Å². The Morgan fingerprint density at radius 2 is 2.00 bits per heavy atom. The molecule has 2 fully saturated rings. The molecule has 1 saturated heterocycles. The molecule has 1 aliphatic carbocycles. The highest BCUT2D eigenvalue weighted by Crippen LogP contribution is 2.37. The summed E-state index contributed by atoms with van der Waals surface area (Å²) in [6, 6.07) is 0. The molecule has 1 atom stereocenters. The lowest BCUT2D eigenvalue weighted by molar-refractivity contribution is 0.0940. The second-order valence-electron chi connectivity index (χ2n) is 6.44. The van der Waals surface area contributed by atoms with Gasteiger partial charge in [-0.2, -0.15) is 0 Å². The number of amides is 1. The topological polar surface area (TPSA) is 92.3 Å². The summed E-state index contributed by atoms with van der Waals surface area (Å²) in [6.07, 6.45) is 8.37. The summed E-state index contributed by atoms with van der Waals surface area (Å²) in [6.45, 7) is 1.51. The van der Waals surface area contributed by atoms with Crippen LogP contribution in [-0.2, 0) is 10.0 Å². The predicted molar refractivity (Wildman–Crippen MR) is 85.5 cm³/mol. The summed E-state index contributed by atoms with van der Waals surface area (Å²) >= 11 is 0. The maximum atomic E-state index is 12.1. The molecule has 2 aliphatic rings. The molecule has 2 heterocycles. The third-order valence-corrected chi connectivity index (χ3v) is 5.65. The Labute approximate surface area is 136 Å². The van der Waals surface area contributed by atoms with E-state index in [1.807, 2.05) is 0 Å². The molecule has 23 heavy (non-hydrogen) atoms. The van der Waals surface area contributed by atoms with Crippen molar-refractivity contribution in [2.75, 3.05) is 25.9 Å². The minimum absolute atomic E-state index is 0.147. The van der Waals surface area contributed by atoms with Crippen molar-refractivity contribution >= 4 is 15.9 Å². The Morgan fingerprint density at radius 3 is 2.61 bits per heavy atom. The van der Waals surface area contributed by atoms with Gasteiger partial charge in [0.2, 0.25) is 10.0 Å². The van der Waals surface area contributed by atoms with E-state index < -0.39 is 10.0 Å². The third-order valence-electron chi connectivity index (χ3n) is 4.38. The van der Waals surface area contributed by atoms with Gasteiger partial charge in [0.25, 0.3) is 5.91 Å². The summed E-state index contributed by atoms with van der Waals surface area (Å²) in [5.41, 5.74) is 0.449. The lowest BCUT2D eigenvalue weighted by Crippen LogP contribution is -2.43. The van der Waals surface area contributed by atoms with E-state index in [-0.39, 0.29) is 11.8 Å². The van der Waals surface area contributed by atoms with Crippen LogP contribution in [0.1, 0.15) is 47.8 Å². The van der Waals surface area contributed by atoms with Gasteiger partial charge in [-0.05, 0) is 31.6 Å². The smallest absolute Gasteiger partial charge is 0.254 e. The maximum absolute atomic E-state index is 12.1. The van der Waals surface area contributed by atoms with E-state index >= 15 is 0 Å². The molecule has 1 amide bonds. The average Bonchev–Trinajstić information content (AvgIpc) is 3.37. The van der Waals surface area contributed by atoms with Crippen LogP contribution in [0.2, 0.25) is 0 Å². The van der Waals surface area contributed by atoms with E-state index in [4.69, 9.17) is 0 Å². The van der Waals surface area contributed by atoms with E-state index in [1.165, 1.54) is 10.6 Å². The van der Waals surface area contributed by atoms with Crippen molar-refractivity contribution in [2.24, 2.45) is 5.92 Å². The van der Waals surface area contributed by atoms with Gasteiger partial charge in [-0.25, -0.2) is 22.7 Å². The van der Waals surface area contributed by atoms with Crippen molar-refractivity contribution in [1.29, 1.82) is 0 Å². The van der Waals surface area contributed by atoms with Gasteiger partial charge in [-0.3, -0.25) is 4.79 Å². The van der Waals surface area contributed by atoms with Crippen molar-refractivity contribution in [3.8, 4) is 0 Å². The zero-order valence-corrected chi connectivity index (χ0v) is 14.1.